The summed E-state index contributed by atoms with van der Waals surface area (Å²) in [4.78, 5) is 36.2. The molecule has 4 rings (SSSR count). The average Bonchev–Trinajstić information content (AvgIpc) is 2.40. The van der Waals surface area contributed by atoms with Gasteiger partial charge in [-0.1, -0.05) is 13.8 Å². The molecule has 0 aromatic carbocycles. The molecule has 0 spiro atoms. The predicted molar refractivity (Wildman–Crippen MR) is 61.2 cm³/mol. The Morgan fingerprint density at radius 3 is 2.47 bits per heavy atom. The van der Waals surface area contributed by atoms with E-state index in [-0.39, 0.29) is 40.5 Å². The van der Waals surface area contributed by atoms with Gasteiger partial charge in [0.15, 0.2) is 0 Å². The van der Waals surface area contributed by atoms with E-state index in [1.54, 1.807) is 6.92 Å². The van der Waals surface area contributed by atoms with Crippen molar-refractivity contribution in [1.29, 1.82) is 0 Å². The Labute approximate surface area is 101 Å². The number of rotatable bonds is 1. The summed E-state index contributed by atoms with van der Waals surface area (Å²) in [5.41, 5.74) is -0.806. The molecule has 92 valence electrons. The van der Waals surface area contributed by atoms with Gasteiger partial charge in [-0.25, -0.2) is 0 Å². The number of hydrogen-bond acceptors (Lipinski definition) is 3. The standard InChI is InChI=1S/C14H18O3/c1-7(15)8-4-10-13(2)5-9(8)12(17)14(10,3)6-11(13)16/h8-10H,4-6H2,1-3H3/t8-,9+,10+,13-,14-/m1/s1. The summed E-state index contributed by atoms with van der Waals surface area (Å²) in [5.74, 6) is 0.305. The summed E-state index contributed by atoms with van der Waals surface area (Å²) in [6.45, 7) is 5.51. The van der Waals surface area contributed by atoms with Gasteiger partial charge in [-0.2, -0.15) is 0 Å². The van der Waals surface area contributed by atoms with Crippen LogP contribution in [0.4, 0.5) is 0 Å². The molecule has 4 aliphatic rings. The van der Waals surface area contributed by atoms with E-state index in [4.69, 9.17) is 0 Å². The molecule has 0 radical (unpaired) electrons. The van der Waals surface area contributed by atoms with Crippen molar-refractivity contribution >= 4 is 17.3 Å². The third-order valence-electron chi connectivity index (χ3n) is 5.74. The van der Waals surface area contributed by atoms with Crippen LogP contribution in [0.25, 0.3) is 0 Å². The molecule has 0 aromatic rings. The Morgan fingerprint density at radius 2 is 1.88 bits per heavy atom. The minimum atomic E-state index is -0.472. The van der Waals surface area contributed by atoms with Gasteiger partial charge in [0.25, 0.3) is 0 Å². The highest BCUT2D eigenvalue weighted by Gasteiger charge is 2.70. The van der Waals surface area contributed by atoms with Gasteiger partial charge < -0.3 is 0 Å². The third-order valence-corrected chi connectivity index (χ3v) is 5.74. The molecular weight excluding hydrogens is 216 g/mol. The second-order valence-corrected chi connectivity index (χ2v) is 6.62. The van der Waals surface area contributed by atoms with Gasteiger partial charge in [-0.15, -0.1) is 0 Å². The normalized spacial score (nSPS) is 52.1. The first-order valence-electron chi connectivity index (χ1n) is 6.39. The minimum absolute atomic E-state index is 0.0916. The van der Waals surface area contributed by atoms with Crippen molar-refractivity contribution in [3.05, 3.63) is 0 Å². The van der Waals surface area contributed by atoms with Crippen LogP contribution in [0.5, 0.6) is 0 Å². The first-order chi connectivity index (χ1) is 7.80. The summed E-state index contributed by atoms with van der Waals surface area (Å²) in [6, 6.07) is 0. The lowest BCUT2D eigenvalue weighted by Crippen LogP contribution is -2.57. The number of fused-ring (bicyclic) bond motifs is 1. The van der Waals surface area contributed by atoms with E-state index in [1.165, 1.54) is 0 Å². The van der Waals surface area contributed by atoms with Crippen LogP contribution in [0.3, 0.4) is 0 Å². The Hall–Kier alpha value is -0.990. The first-order valence-corrected chi connectivity index (χ1v) is 6.39. The molecule has 17 heavy (non-hydrogen) atoms. The highest BCUT2D eigenvalue weighted by Crippen LogP contribution is 2.67. The lowest BCUT2D eigenvalue weighted by atomic mass is 9.48. The molecule has 4 saturated carbocycles. The molecule has 0 heterocycles. The summed E-state index contributed by atoms with van der Waals surface area (Å²) < 4.78 is 0. The van der Waals surface area contributed by atoms with Crippen LogP contribution in [0, 0.1) is 28.6 Å². The second kappa shape index (κ2) is 2.88. The molecule has 4 fully saturated rings. The van der Waals surface area contributed by atoms with E-state index in [1.807, 2.05) is 13.8 Å². The molecule has 5 atom stereocenters. The maximum atomic E-state index is 12.5. The molecule has 4 bridgehead atoms. The van der Waals surface area contributed by atoms with Crippen molar-refractivity contribution in [2.45, 2.75) is 40.0 Å². The van der Waals surface area contributed by atoms with E-state index in [0.717, 1.165) is 6.42 Å². The SMILES string of the molecule is CC(=O)[C@H]1C[C@H]2[C@@]3(C)C[C@@H]1C(=O)[C@]2(C)CC3=O. The highest BCUT2D eigenvalue weighted by molar-refractivity contribution is 6.04. The fraction of sp³-hybridized carbons (Fsp3) is 0.786. The Balaban J connectivity index is 2.11. The van der Waals surface area contributed by atoms with Crippen molar-refractivity contribution in [3.8, 4) is 0 Å². The van der Waals surface area contributed by atoms with Gasteiger partial charge in [0.05, 0.1) is 0 Å². The number of carbonyl (C=O) groups is 3. The maximum Gasteiger partial charge on any atom is 0.143 e. The average molecular weight is 234 g/mol. The van der Waals surface area contributed by atoms with E-state index in [2.05, 4.69) is 0 Å². The van der Waals surface area contributed by atoms with Gasteiger partial charge in [0.1, 0.15) is 17.3 Å². The Bertz CT molecular complexity index is 452. The Morgan fingerprint density at radius 1 is 1.24 bits per heavy atom. The van der Waals surface area contributed by atoms with E-state index in [9.17, 15) is 14.4 Å². The molecule has 0 amide bonds. The van der Waals surface area contributed by atoms with Crippen LogP contribution in [0.2, 0.25) is 0 Å². The van der Waals surface area contributed by atoms with Gasteiger partial charge in [0, 0.05) is 29.1 Å². The number of ketones is 3. The first kappa shape index (κ1) is 11.1. The van der Waals surface area contributed by atoms with Crippen molar-refractivity contribution in [2.24, 2.45) is 28.6 Å². The Kier molecular flexibility index (Phi) is 1.88. The van der Waals surface area contributed by atoms with Gasteiger partial charge in [-0.3, -0.25) is 14.4 Å². The molecule has 4 aliphatic carbocycles. The number of carbonyl (C=O) groups excluding carboxylic acids is 3. The van der Waals surface area contributed by atoms with Crippen LogP contribution in [0.1, 0.15) is 40.0 Å². The summed E-state index contributed by atoms with van der Waals surface area (Å²) >= 11 is 0. The zero-order valence-electron chi connectivity index (χ0n) is 10.6. The fourth-order valence-electron chi connectivity index (χ4n) is 4.76. The van der Waals surface area contributed by atoms with Crippen LogP contribution in [-0.2, 0) is 14.4 Å². The van der Waals surface area contributed by atoms with Crippen LogP contribution in [0.15, 0.2) is 0 Å². The zero-order chi connectivity index (χ0) is 12.6. The topological polar surface area (TPSA) is 51.2 Å². The number of hydrogen-bond donors (Lipinski definition) is 0. The van der Waals surface area contributed by atoms with Crippen molar-refractivity contribution in [2.75, 3.05) is 0 Å². The molecule has 0 unspecified atom stereocenters. The molecule has 0 aliphatic heterocycles. The molecule has 3 heteroatoms. The van der Waals surface area contributed by atoms with E-state index >= 15 is 0 Å². The van der Waals surface area contributed by atoms with Gasteiger partial charge in [0.2, 0.25) is 0 Å². The molecular formula is C14H18O3. The fourth-order valence-corrected chi connectivity index (χ4v) is 4.76. The lowest BCUT2D eigenvalue weighted by molar-refractivity contribution is -0.160. The second-order valence-electron chi connectivity index (χ2n) is 6.62. The number of Topliss-reactive ketones (excluding diaryl/α,β-unsaturated/α-hetero) is 3. The van der Waals surface area contributed by atoms with Gasteiger partial charge in [-0.05, 0) is 25.7 Å². The van der Waals surface area contributed by atoms with Crippen LogP contribution in [-0.4, -0.2) is 17.3 Å². The molecule has 3 nitrogen and oxygen atoms in total. The van der Waals surface area contributed by atoms with E-state index < -0.39 is 5.41 Å². The molecule has 0 aromatic heterocycles. The third kappa shape index (κ3) is 1.06. The van der Waals surface area contributed by atoms with Crippen molar-refractivity contribution in [1.82, 2.24) is 0 Å². The smallest absolute Gasteiger partial charge is 0.143 e. The maximum absolute atomic E-state index is 12.5. The van der Waals surface area contributed by atoms with Crippen LogP contribution < -0.4 is 0 Å². The predicted octanol–water partition coefficient (Wildman–Crippen LogP) is 1.79. The van der Waals surface area contributed by atoms with E-state index in [0.29, 0.717) is 12.8 Å². The minimum Gasteiger partial charge on any atom is -0.300 e. The van der Waals surface area contributed by atoms with Gasteiger partial charge >= 0.3 is 0 Å². The zero-order valence-corrected chi connectivity index (χ0v) is 10.6. The van der Waals surface area contributed by atoms with Crippen molar-refractivity contribution < 1.29 is 14.4 Å². The summed E-state index contributed by atoms with van der Waals surface area (Å²) in [6.07, 6.45) is 1.74. The lowest BCUT2D eigenvalue weighted by Gasteiger charge is -2.53. The summed E-state index contributed by atoms with van der Waals surface area (Å²) in [5, 5.41) is 0. The monoisotopic (exact) mass is 234 g/mol. The summed E-state index contributed by atoms with van der Waals surface area (Å²) in [7, 11) is 0. The van der Waals surface area contributed by atoms with Crippen molar-refractivity contribution in [3.63, 3.8) is 0 Å². The largest absolute Gasteiger partial charge is 0.300 e. The highest BCUT2D eigenvalue weighted by atomic mass is 16.1. The quantitative estimate of drug-likeness (QED) is 0.695. The molecule has 0 saturated heterocycles. The van der Waals surface area contributed by atoms with Crippen LogP contribution >= 0.6 is 0 Å². The molecule has 0 N–H and O–H groups in total.